The number of aromatic nitrogens is 3. The monoisotopic (exact) mass is 467 g/mol. The number of carboxylic acid groups (broad SMARTS) is 1. The maximum absolute atomic E-state index is 14.3. The molecule has 8 heteroatoms. The predicted molar refractivity (Wildman–Crippen MR) is 125 cm³/mol. The smallest absolute Gasteiger partial charge is 0.290 e. The van der Waals surface area contributed by atoms with Crippen LogP contribution in [0.5, 0.6) is 0 Å². The van der Waals surface area contributed by atoms with Crippen molar-refractivity contribution < 1.29 is 23.4 Å². The van der Waals surface area contributed by atoms with Gasteiger partial charge in [0.15, 0.2) is 11.6 Å². The number of ether oxygens (including phenoxy) is 1. The number of nitrogens with one attached hydrogen (secondary N) is 1. The largest absolute Gasteiger partial charge is 0.483 e. The molecular formula is C26H27F2N3O3. The molecule has 0 bridgehead atoms. The summed E-state index contributed by atoms with van der Waals surface area (Å²) in [7, 11) is 0. The highest BCUT2D eigenvalue weighted by Crippen LogP contribution is 2.42. The first-order valence-electron chi connectivity index (χ1n) is 11.7. The van der Waals surface area contributed by atoms with Gasteiger partial charge in [-0.05, 0) is 55.0 Å². The molecule has 6 rings (SSSR count). The SMILES string of the molecule is Fc1ccc(-n2c(C3CCOCC3)c(CC3CCC3)c3cc4[nH]ncc4cc32)cc1F.O=CO. The second-order valence-corrected chi connectivity index (χ2v) is 9.12. The van der Waals surface area contributed by atoms with Gasteiger partial charge in [0.2, 0.25) is 0 Å². The number of benzene rings is 2. The number of hydrogen-bond acceptors (Lipinski definition) is 3. The van der Waals surface area contributed by atoms with Crippen LogP contribution >= 0.6 is 0 Å². The molecule has 2 fully saturated rings. The highest BCUT2D eigenvalue weighted by atomic mass is 19.2. The molecule has 1 aliphatic heterocycles. The van der Waals surface area contributed by atoms with Gasteiger partial charge >= 0.3 is 0 Å². The number of hydrogen-bond donors (Lipinski definition) is 2. The Morgan fingerprint density at radius 3 is 2.56 bits per heavy atom. The molecule has 2 N–H and O–H groups in total. The molecule has 2 aromatic carbocycles. The highest BCUT2D eigenvalue weighted by Gasteiger charge is 2.30. The lowest BCUT2D eigenvalue weighted by Gasteiger charge is -2.29. The van der Waals surface area contributed by atoms with E-state index in [1.54, 1.807) is 6.07 Å². The second-order valence-electron chi connectivity index (χ2n) is 9.12. The Morgan fingerprint density at radius 2 is 1.88 bits per heavy atom. The molecule has 0 radical (unpaired) electrons. The molecule has 3 heterocycles. The van der Waals surface area contributed by atoms with Gasteiger partial charge < -0.3 is 14.4 Å². The van der Waals surface area contributed by atoms with Gasteiger partial charge in [0.05, 0.1) is 17.2 Å². The van der Waals surface area contributed by atoms with Crippen molar-refractivity contribution in [1.29, 1.82) is 0 Å². The molecule has 0 unspecified atom stereocenters. The van der Waals surface area contributed by atoms with E-state index in [0.717, 1.165) is 48.9 Å². The summed E-state index contributed by atoms with van der Waals surface area (Å²) in [6.07, 6.45) is 8.55. The van der Waals surface area contributed by atoms with Crippen molar-refractivity contribution in [3.8, 4) is 5.69 Å². The summed E-state index contributed by atoms with van der Waals surface area (Å²) < 4.78 is 35.9. The fourth-order valence-corrected chi connectivity index (χ4v) is 5.31. The summed E-state index contributed by atoms with van der Waals surface area (Å²) in [5.41, 5.74) is 5.32. The highest BCUT2D eigenvalue weighted by molar-refractivity contribution is 5.98. The van der Waals surface area contributed by atoms with Crippen LogP contribution in [-0.2, 0) is 16.0 Å². The van der Waals surface area contributed by atoms with Crippen LogP contribution in [0, 0.1) is 17.6 Å². The van der Waals surface area contributed by atoms with Crippen molar-refractivity contribution in [2.45, 2.75) is 44.4 Å². The fourth-order valence-electron chi connectivity index (χ4n) is 5.31. The Balaban J connectivity index is 0.000000764. The van der Waals surface area contributed by atoms with Crippen LogP contribution in [0.1, 0.15) is 49.3 Å². The number of halogens is 2. The van der Waals surface area contributed by atoms with Crippen LogP contribution in [0.4, 0.5) is 8.78 Å². The molecule has 1 saturated heterocycles. The quantitative estimate of drug-likeness (QED) is 0.376. The molecule has 34 heavy (non-hydrogen) atoms. The van der Waals surface area contributed by atoms with Crippen LogP contribution in [0.2, 0.25) is 0 Å². The van der Waals surface area contributed by atoms with Gasteiger partial charge in [0.25, 0.3) is 6.47 Å². The van der Waals surface area contributed by atoms with E-state index in [9.17, 15) is 8.78 Å². The number of fused-ring (bicyclic) bond motifs is 2. The maximum atomic E-state index is 14.3. The van der Waals surface area contributed by atoms with Crippen LogP contribution in [0.25, 0.3) is 27.5 Å². The Kier molecular flexibility index (Phi) is 6.32. The lowest BCUT2D eigenvalue weighted by atomic mass is 9.79. The number of rotatable bonds is 4. The summed E-state index contributed by atoms with van der Waals surface area (Å²) in [5, 5.41) is 16.4. The van der Waals surface area contributed by atoms with Gasteiger partial charge in [-0.2, -0.15) is 5.10 Å². The molecule has 2 aliphatic rings. The summed E-state index contributed by atoms with van der Waals surface area (Å²) >= 11 is 0. The lowest BCUT2D eigenvalue weighted by Crippen LogP contribution is -2.20. The second kappa shape index (κ2) is 9.54. The molecule has 6 nitrogen and oxygen atoms in total. The van der Waals surface area contributed by atoms with Gasteiger partial charge in [-0.15, -0.1) is 0 Å². The van der Waals surface area contributed by atoms with Crippen molar-refractivity contribution >= 4 is 28.3 Å². The minimum absolute atomic E-state index is 0.250. The molecule has 2 aromatic heterocycles. The molecule has 0 amide bonds. The topological polar surface area (TPSA) is 80.1 Å². The van der Waals surface area contributed by atoms with Crippen LogP contribution in [0.3, 0.4) is 0 Å². The van der Waals surface area contributed by atoms with Gasteiger partial charge in [-0.1, -0.05) is 19.3 Å². The van der Waals surface area contributed by atoms with Crippen molar-refractivity contribution in [1.82, 2.24) is 14.8 Å². The Morgan fingerprint density at radius 1 is 1.12 bits per heavy atom. The zero-order valence-corrected chi connectivity index (χ0v) is 18.8. The molecule has 0 spiro atoms. The Labute approximate surface area is 195 Å². The summed E-state index contributed by atoms with van der Waals surface area (Å²) in [5.74, 6) is -0.608. The zero-order chi connectivity index (χ0) is 23.7. The van der Waals surface area contributed by atoms with Crippen LogP contribution in [0.15, 0.2) is 36.5 Å². The summed E-state index contributed by atoms with van der Waals surface area (Å²) in [6.45, 7) is 1.22. The summed E-state index contributed by atoms with van der Waals surface area (Å²) in [4.78, 5) is 8.36. The normalized spacial score (nSPS) is 16.9. The molecule has 178 valence electrons. The van der Waals surface area contributed by atoms with Crippen molar-refractivity contribution in [3.63, 3.8) is 0 Å². The third kappa shape index (κ3) is 4.07. The zero-order valence-electron chi connectivity index (χ0n) is 18.8. The van der Waals surface area contributed by atoms with Gasteiger partial charge in [0, 0.05) is 47.4 Å². The molecule has 0 atom stereocenters. The van der Waals surface area contributed by atoms with E-state index in [0.29, 0.717) is 17.5 Å². The average molecular weight is 468 g/mol. The van der Waals surface area contributed by atoms with E-state index in [2.05, 4.69) is 26.9 Å². The Bertz CT molecular complexity index is 1320. The third-order valence-electron chi connectivity index (χ3n) is 7.16. The van der Waals surface area contributed by atoms with Crippen LogP contribution < -0.4 is 0 Å². The summed E-state index contributed by atoms with van der Waals surface area (Å²) in [6, 6.07) is 8.55. The van der Waals surface area contributed by atoms with E-state index in [1.807, 2.05) is 6.20 Å². The maximum Gasteiger partial charge on any atom is 0.290 e. The third-order valence-corrected chi connectivity index (χ3v) is 7.16. The van der Waals surface area contributed by atoms with Gasteiger partial charge in [-0.3, -0.25) is 9.89 Å². The first-order valence-corrected chi connectivity index (χ1v) is 11.7. The van der Waals surface area contributed by atoms with Crippen molar-refractivity contribution in [2.75, 3.05) is 13.2 Å². The van der Waals surface area contributed by atoms with Crippen LogP contribution in [-0.4, -0.2) is 39.6 Å². The number of H-pyrrole nitrogens is 1. The van der Waals surface area contributed by atoms with E-state index < -0.39 is 11.6 Å². The lowest BCUT2D eigenvalue weighted by molar-refractivity contribution is -0.122. The molecule has 1 saturated carbocycles. The minimum atomic E-state index is -0.820. The number of nitrogens with zero attached hydrogens (tertiary/aromatic N) is 2. The predicted octanol–water partition coefficient (Wildman–Crippen LogP) is 5.72. The molecule has 1 aliphatic carbocycles. The van der Waals surface area contributed by atoms with E-state index in [-0.39, 0.29) is 6.47 Å². The fraction of sp³-hybridized carbons (Fsp3) is 0.385. The van der Waals surface area contributed by atoms with Gasteiger partial charge in [-0.25, -0.2) is 8.78 Å². The number of carbonyl (C=O) groups is 1. The number of aromatic amines is 1. The van der Waals surface area contributed by atoms with Crippen molar-refractivity contribution in [2.24, 2.45) is 5.92 Å². The molecular weight excluding hydrogens is 440 g/mol. The minimum Gasteiger partial charge on any atom is -0.483 e. The van der Waals surface area contributed by atoms with E-state index >= 15 is 0 Å². The van der Waals surface area contributed by atoms with Gasteiger partial charge in [0.1, 0.15) is 0 Å². The van der Waals surface area contributed by atoms with E-state index in [4.69, 9.17) is 14.6 Å². The Hall–Kier alpha value is -3.26. The first-order chi connectivity index (χ1) is 16.6. The molecule has 4 aromatic rings. The first kappa shape index (κ1) is 22.5. The average Bonchev–Trinajstić information content (AvgIpc) is 3.39. The van der Waals surface area contributed by atoms with E-state index in [1.165, 1.54) is 48.0 Å². The van der Waals surface area contributed by atoms with Crippen molar-refractivity contribution in [3.05, 3.63) is 59.4 Å². The standard InChI is InChI=1S/C25H25F2N3O.CH2O2/c26-21-5-4-18(12-22(21)27)30-24-11-17-14-28-29-23(17)13-19(24)20(10-15-2-1-3-15)25(30)16-6-8-31-9-7-16;2-1-3/h4-5,11-16H,1-3,6-10H2,(H,28,29);1H,(H,2,3).